The fraction of sp³-hybridized carbons (Fsp3) is 0.286. The quantitative estimate of drug-likeness (QED) is 0.292. The Balaban J connectivity index is 0.00000181. The molecule has 0 bridgehead atoms. The van der Waals surface area contributed by atoms with Gasteiger partial charge in [0, 0.05) is 0 Å². The van der Waals surface area contributed by atoms with Crippen molar-refractivity contribution >= 4 is 48.1 Å². The largest absolute Gasteiger partial charge is 0.147 e. The number of benzene rings is 2. The first-order valence-electron chi connectivity index (χ1n) is 11.4. The van der Waals surface area contributed by atoms with Gasteiger partial charge >= 0.3 is 189 Å². The van der Waals surface area contributed by atoms with Gasteiger partial charge in [-0.1, -0.05) is 0 Å². The summed E-state index contributed by atoms with van der Waals surface area (Å²) in [5.74, 6) is 0. The molecule has 0 aliphatic heterocycles. The summed E-state index contributed by atoms with van der Waals surface area (Å²) in [6.45, 7) is 4.50. The van der Waals surface area contributed by atoms with E-state index in [4.69, 9.17) is 0 Å². The third-order valence-corrected chi connectivity index (χ3v) is 29.5. The molecule has 0 amide bonds. The van der Waals surface area contributed by atoms with Crippen LogP contribution in [0.25, 0.3) is 11.1 Å². The standard InChI is InChI=1S/2C13H13.2CH3.2ClH.GeH2.Zr/c2*1-2-11-6-5-9-13(10-11)12-7-3-4-8-12;;;;;;/h2*3,5-7,9-10H,2,4H2,1H3;2*1H3;2*1H;1H2;. The smallest absolute Gasteiger partial charge is 0.147 e. The van der Waals surface area contributed by atoms with E-state index >= 15 is 0 Å². The molecular weight excluding hydrogens is 571 g/mol. The number of rotatable bonds is 6. The van der Waals surface area contributed by atoms with Crippen LogP contribution in [-0.2, 0) is 28.5 Å². The number of halogens is 2. The molecule has 4 rings (SSSR count). The fourth-order valence-electron chi connectivity index (χ4n) is 5.17. The molecule has 0 unspecified atom stereocenters. The second-order valence-electron chi connectivity index (χ2n) is 9.79. The Morgan fingerprint density at radius 2 is 1.12 bits per heavy atom. The number of hydrogen-bond acceptors (Lipinski definition) is 0. The Morgan fingerprint density at radius 1 is 0.719 bits per heavy atom. The van der Waals surface area contributed by atoms with Crippen LogP contribution in [-0.4, -0.2) is 12.1 Å². The molecule has 2 aromatic carbocycles. The molecule has 0 saturated carbocycles. The van der Waals surface area contributed by atoms with Crippen molar-refractivity contribution in [2.45, 2.75) is 48.8 Å². The fourth-order valence-corrected chi connectivity index (χ4v) is 23.5. The normalized spacial score (nSPS) is 15.8. The molecule has 2 aliphatic rings. The van der Waals surface area contributed by atoms with Crippen molar-refractivity contribution < 1.29 is 15.7 Å². The van der Waals surface area contributed by atoms with Gasteiger partial charge in [0.15, 0.2) is 0 Å². The molecule has 0 saturated heterocycles. The van der Waals surface area contributed by atoms with E-state index in [1.54, 1.807) is 6.56 Å². The Labute approximate surface area is 212 Å². The Hall–Kier alpha value is -0.594. The molecule has 2 aliphatic carbocycles. The zero-order valence-electron chi connectivity index (χ0n) is 19.8. The van der Waals surface area contributed by atoms with Crippen LogP contribution in [0.3, 0.4) is 0 Å². The molecule has 0 heterocycles. The molecule has 0 atom stereocenters. The molecule has 170 valence electrons. The first-order valence-corrected chi connectivity index (χ1v) is 29.3. The molecule has 0 radical (unpaired) electrons. The van der Waals surface area contributed by atoms with Crippen molar-refractivity contribution in [1.29, 1.82) is 0 Å². The Kier molecular flexibility index (Phi) is 9.31. The van der Waals surface area contributed by atoms with Crippen molar-refractivity contribution in [1.82, 2.24) is 0 Å². The first kappa shape index (κ1) is 27.6. The van der Waals surface area contributed by atoms with Gasteiger partial charge < -0.3 is 0 Å². The Bertz CT molecular complexity index is 1100. The monoisotopic (exact) mass is 606 g/mol. The van der Waals surface area contributed by atoms with E-state index in [0.717, 1.165) is 25.7 Å². The minimum Gasteiger partial charge on any atom is -0.147 e. The van der Waals surface area contributed by atoms with Gasteiger partial charge in [0.1, 0.15) is 0 Å². The summed E-state index contributed by atoms with van der Waals surface area (Å²) in [4.78, 5) is 0. The SMILES string of the molecule is CCc1cccc(C2=[C]([Zr]([CH3])([CH3])(=[GeH2])[C]3=C(c4cccc(CC)c4)C=CC3)CC=C2)c1.Cl.Cl. The molecule has 32 heavy (non-hydrogen) atoms. The van der Waals surface area contributed by atoms with Gasteiger partial charge in [-0.2, -0.15) is 0 Å². The summed E-state index contributed by atoms with van der Waals surface area (Å²) in [5.41, 5.74) is 8.80. The average molecular weight is 607 g/mol. The van der Waals surface area contributed by atoms with Crippen LogP contribution in [0, 0.1) is 0 Å². The molecule has 0 aromatic heterocycles. The minimum atomic E-state index is -3.22. The van der Waals surface area contributed by atoms with Gasteiger partial charge in [-0.15, -0.1) is 24.8 Å². The molecular formula is C28H36Cl2GeZr. The van der Waals surface area contributed by atoms with Crippen molar-refractivity contribution in [3.05, 3.63) is 102 Å². The van der Waals surface area contributed by atoms with E-state index in [1.807, 2.05) is 0 Å². The van der Waals surface area contributed by atoms with E-state index < -0.39 is 15.7 Å². The minimum absolute atomic E-state index is 0. The first-order chi connectivity index (χ1) is 14.3. The van der Waals surface area contributed by atoms with E-state index in [9.17, 15) is 0 Å². The third-order valence-electron chi connectivity index (χ3n) is 7.09. The predicted molar refractivity (Wildman–Crippen MR) is 148 cm³/mol. The summed E-state index contributed by atoms with van der Waals surface area (Å²) in [5, 5.41) is 0. The molecule has 0 nitrogen and oxygen atoms in total. The molecule has 2 aromatic rings. The van der Waals surface area contributed by atoms with Gasteiger partial charge in [-0.05, 0) is 0 Å². The molecule has 0 fully saturated rings. The van der Waals surface area contributed by atoms with Gasteiger partial charge in [0.25, 0.3) is 0 Å². The van der Waals surface area contributed by atoms with Crippen molar-refractivity contribution in [3.8, 4) is 0 Å². The van der Waals surface area contributed by atoms with Crippen molar-refractivity contribution in [2.24, 2.45) is 0 Å². The van der Waals surface area contributed by atoms with Crippen molar-refractivity contribution in [3.63, 3.8) is 0 Å². The van der Waals surface area contributed by atoms with Gasteiger partial charge in [0.05, 0.1) is 0 Å². The molecule has 0 spiro atoms. The van der Waals surface area contributed by atoms with E-state index in [0.29, 0.717) is 0 Å². The second kappa shape index (κ2) is 10.8. The maximum atomic E-state index is 2.71. The van der Waals surface area contributed by atoms with E-state index in [2.05, 4.69) is 95.9 Å². The van der Waals surface area contributed by atoms with Crippen LogP contribution in [0.5, 0.6) is 0 Å². The van der Waals surface area contributed by atoms with Gasteiger partial charge in [-0.3, -0.25) is 0 Å². The average Bonchev–Trinajstić information content (AvgIpc) is 3.44. The second-order valence-corrected chi connectivity index (χ2v) is 52.3. The van der Waals surface area contributed by atoms with Gasteiger partial charge in [0.2, 0.25) is 0 Å². The van der Waals surface area contributed by atoms with Gasteiger partial charge in [-0.25, -0.2) is 0 Å². The van der Waals surface area contributed by atoms with Crippen LogP contribution < -0.4 is 0 Å². The topological polar surface area (TPSA) is 0 Å². The van der Waals surface area contributed by atoms with Crippen LogP contribution in [0.2, 0.25) is 9.26 Å². The molecule has 0 N–H and O–H groups in total. The summed E-state index contributed by atoms with van der Waals surface area (Å²) < 4.78 is 9.01. The third kappa shape index (κ3) is 5.22. The zero-order valence-corrected chi connectivity index (χ0v) is 26.8. The maximum Gasteiger partial charge on any atom is -0.147 e. The van der Waals surface area contributed by atoms with Crippen LogP contribution >= 0.6 is 24.8 Å². The number of allylic oxidation sites excluding steroid dienone is 8. The molecule has 4 heteroatoms. The zero-order chi connectivity index (χ0) is 21.4. The summed E-state index contributed by atoms with van der Waals surface area (Å²) in [7, 11) is 0. The van der Waals surface area contributed by atoms with Crippen LogP contribution in [0.15, 0.2) is 79.4 Å². The summed E-state index contributed by atoms with van der Waals surface area (Å²) in [6.07, 6.45) is 14.2. The summed E-state index contributed by atoms with van der Waals surface area (Å²) in [6, 6.07) is 18.5. The van der Waals surface area contributed by atoms with E-state index in [-0.39, 0.29) is 24.8 Å². The number of hydrogen-bond donors (Lipinski definition) is 0. The Morgan fingerprint density at radius 3 is 1.50 bits per heavy atom. The van der Waals surface area contributed by atoms with E-state index in [1.165, 1.54) is 45.5 Å². The predicted octanol–water partition coefficient (Wildman–Crippen LogP) is 8.03. The van der Waals surface area contributed by atoms with Crippen LogP contribution in [0.1, 0.15) is 48.9 Å². The number of aryl methyl sites for hydroxylation is 2. The van der Waals surface area contributed by atoms with Crippen molar-refractivity contribution in [2.75, 3.05) is 0 Å². The maximum absolute atomic E-state index is 3.22. The summed E-state index contributed by atoms with van der Waals surface area (Å²) >= 11 is -1.80. The van der Waals surface area contributed by atoms with Crippen LogP contribution in [0.4, 0.5) is 0 Å².